The van der Waals surface area contributed by atoms with Crippen LogP contribution in [0, 0.1) is 0 Å². The Labute approximate surface area is 128 Å². The van der Waals surface area contributed by atoms with Gasteiger partial charge in [-0.1, -0.05) is 30.3 Å². The van der Waals surface area contributed by atoms with Gasteiger partial charge in [-0.15, -0.1) is 0 Å². The van der Waals surface area contributed by atoms with Crippen LogP contribution in [0.25, 0.3) is 10.9 Å². The van der Waals surface area contributed by atoms with Crippen LogP contribution in [0.3, 0.4) is 0 Å². The second kappa shape index (κ2) is 6.45. The van der Waals surface area contributed by atoms with Crippen molar-refractivity contribution in [3.8, 4) is 5.75 Å². The number of ketones is 1. The zero-order valence-electron chi connectivity index (χ0n) is 12.2. The predicted octanol–water partition coefficient (Wildman–Crippen LogP) is 2.93. The summed E-state index contributed by atoms with van der Waals surface area (Å²) in [5.74, 6) is 0.659. The number of fused-ring (bicyclic) bond motifs is 1. The van der Waals surface area contributed by atoms with E-state index >= 15 is 0 Å². The van der Waals surface area contributed by atoms with Crippen LogP contribution >= 0.6 is 0 Å². The summed E-state index contributed by atoms with van der Waals surface area (Å²) >= 11 is 0. The molecule has 2 aromatic carbocycles. The molecular weight excluding hydrogens is 276 g/mol. The van der Waals surface area contributed by atoms with Crippen LogP contribution in [0.5, 0.6) is 5.75 Å². The molecular formula is C18H18N2O2. The van der Waals surface area contributed by atoms with E-state index in [1.54, 1.807) is 12.1 Å². The molecule has 1 heterocycles. The highest BCUT2D eigenvalue weighted by Crippen LogP contribution is 2.24. The minimum absolute atomic E-state index is 0.0306. The highest BCUT2D eigenvalue weighted by atomic mass is 16.5. The van der Waals surface area contributed by atoms with Gasteiger partial charge in [-0.2, -0.15) is 0 Å². The van der Waals surface area contributed by atoms with Crippen molar-refractivity contribution in [2.75, 3.05) is 13.2 Å². The van der Waals surface area contributed by atoms with Crippen LogP contribution in [0.1, 0.15) is 15.9 Å². The third-order valence-corrected chi connectivity index (χ3v) is 3.62. The Hall–Kier alpha value is -2.59. The minimum atomic E-state index is -0.0306. The Morgan fingerprint density at radius 1 is 1.14 bits per heavy atom. The van der Waals surface area contributed by atoms with Gasteiger partial charge < -0.3 is 15.5 Å². The molecule has 112 valence electrons. The van der Waals surface area contributed by atoms with Crippen LogP contribution in [0.15, 0.2) is 54.7 Å². The number of H-pyrrole nitrogens is 1. The lowest BCUT2D eigenvalue weighted by atomic mass is 10.1. The van der Waals surface area contributed by atoms with Crippen molar-refractivity contribution in [2.45, 2.75) is 6.42 Å². The van der Waals surface area contributed by atoms with Crippen LogP contribution in [-0.4, -0.2) is 23.9 Å². The smallest absolute Gasteiger partial charge is 0.200 e. The van der Waals surface area contributed by atoms with Crippen molar-refractivity contribution in [2.24, 2.45) is 5.73 Å². The number of Topliss-reactive ketones (excluding diaryl/α,β-unsaturated/α-hetero) is 1. The van der Waals surface area contributed by atoms with Gasteiger partial charge in [0.15, 0.2) is 12.4 Å². The SMILES string of the molecule is NCCc1c[nH]c2ccc(OCC(=O)c3ccccc3)cc12. The van der Waals surface area contributed by atoms with Crippen LogP contribution in [0.4, 0.5) is 0 Å². The molecule has 0 aliphatic carbocycles. The molecule has 0 fully saturated rings. The first-order valence-corrected chi connectivity index (χ1v) is 7.29. The van der Waals surface area contributed by atoms with E-state index in [-0.39, 0.29) is 12.4 Å². The molecule has 0 bridgehead atoms. The molecule has 22 heavy (non-hydrogen) atoms. The fourth-order valence-electron chi connectivity index (χ4n) is 2.47. The van der Waals surface area contributed by atoms with E-state index < -0.39 is 0 Å². The van der Waals surface area contributed by atoms with E-state index in [0.29, 0.717) is 17.9 Å². The van der Waals surface area contributed by atoms with Gasteiger partial charge in [0.25, 0.3) is 0 Å². The molecule has 3 aromatic rings. The number of rotatable bonds is 6. The van der Waals surface area contributed by atoms with Crippen molar-refractivity contribution in [3.05, 3.63) is 65.9 Å². The quantitative estimate of drug-likeness (QED) is 0.687. The lowest BCUT2D eigenvalue weighted by Crippen LogP contribution is -2.11. The topological polar surface area (TPSA) is 68.1 Å². The maximum Gasteiger partial charge on any atom is 0.200 e. The summed E-state index contributed by atoms with van der Waals surface area (Å²) in [6.45, 7) is 0.636. The second-order valence-electron chi connectivity index (χ2n) is 5.14. The Morgan fingerprint density at radius 2 is 1.95 bits per heavy atom. The summed E-state index contributed by atoms with van der Waals surface area (Å²) in [5.41, 5.74) is 8.49. The molecule has 0 aliphatic heterocycles. The van der Waals surface area contributed by atoms with Crippen molar-refractivity contribution in [3.63, 3.8) is 0 Å². The van der Waals surface area contributed by atoms with Crippen LogP contribution in [-0.2, 0) is 6.42 Å². The third kappa shape index (κ3) is 3.02. The highest BCUT2D eigenvalue weighted by molar-refractivity contribution is 5.97. The summed E-state index contributed by atoms with van der Waals surface area (Å²) in [7, 11) is 0. The molecule has 3 N–H and O–H groups in total. The molecule has 4 heteroatoms. The molecule has 0 radical (unpaired) electrons. The first-order chi connectivity index (χ1) is 10.8. The molecule has 0 saturated heterocycles. The fraction of sp³-hybridized carbons (Fsp3) is 0.167. The largest absolute Gasteiger partial charge is 0.485 e. The molecule has 4 nitrogen and oxygen atoms in total. The Balaban J connectivity index is 1.74. The van der Waals surface area contributed by atoms with Gasteiger partial charge in [-0.05, 0) is 36.7 Å². The molecule has 0 unspecified atom stereocenters. The zero-order chi connectivity index (χ0) is 15.4. The maximum atomic E-state index is 12.1. The van der Waals surface area contributed by atoms with Gasteiger partial charge in [0.1, 0.15) is 5.75 Å². The molecule has 0 amide bonds. The van der Waals surface area contributed by atoms with Gasteiger partial charge in [0, 0.05) is 22.7 Å². The lowest BCUT2D eigenvalue weighted by Gasteiger charge is -2.06. The van der Waals surface area contributed by atoms with Crippen LogP contribution < -0.4 is 10.5 Å². The number of ether oxygens (including phenoxy) is 1. The number of hydrogen-bond donors (Lipinski definition) is 2. The number of carbonyl (C=O) groups excluding carboxylic acids is 1. The van der Waals surface area contributed by atoms with Gasteiger partial charge in [0.2, 0.25) is 0 Å². The van der Waals surface area contributed by atoms with Crippen LogP contribution in [0.2, 0.25) is 0 Å². The average molecular weight is 294 g/mol. The van der Waals surface area contributed by atoms with Gasteiger partial charge in [-0.3, -0.25) is 4.79 Å². The van der Waals surface area contributed by atoms with E-state index in [2.05, 4.69) is 4.98 Å². The van der Waals surface area contributed by atoms with Gasteiger partial charge in [0.05, 0.1) is 0 Å². The lowest BCUT2D eigenvalue weighted by molar-refractivity contribution is 0.0921. The first-order valence-electron chi connectivity index (χ1n) is 7.29. The minimum Gasteiger partial charge on any atom is -0.485 e. The molecule has 0 saturated carbocycles. The fourth-order valence-corrected chi connectivity index (χ4v) is 2.47. The number of benzene rings is 2. The normalized spacial score (nSPS) is 10.8. The zero-order valence-corrected chi connectivity index (χ0v) is 12.2. The number of nitrogens with two attached hydrogens (primary N) is 1. The molecule has 3 rings (SSSR count). The number of nitrogens with one attached hydrogen (secondary N) is 1. The van der Waals surface area contributed by atoms with E-state index in [1.165, 1.54) is 0 Å². The molecule has 0 aliphatic rings. The predicted molar refractivity (Wildman–Crippen MR) is 87.3 cm³/mol. The van der Waals surface area contributed by atoms with E-state index in [1.807, 2.05) is 42.6 Å². The Morgan fingerprint density at radius 3 is 2.73 bits per heavy atom. The second-order valence-corrected chi connectivity index (χ2v) is 5.14. The van der Waals surface area contributed by atoms with Gasteiger partial charge >= 0.3 is 0 Å². The number of carbonyl (C=O) groups is 1. The van der Waals surface area contributed by atoms with Crippen molar-refractivity contribution >= 4 is 16.7 Å². The molecule has 0 atom stereocenters. The summed E-state index contributed by atoms with van der Waals surface area (Å²) in [4.78, 5) is 15.3. The maximum absolute atomic E-state index is 12.1. The molecule has 0 spiro atoms. The highest BCUT2D eigenvalue weighted by Gasteiger charge is 2.08. The third-order valence-electron chi connectivity index (χ3n) is 3.62. The van der Waals surface area contributed by atoms with E-state index in [4.69, 9.17) is 10.5 Å². The average Bonchev–Trinajstić information content (AvgIpc) is 2.96. The summed E-state index contributed by atoms with van der Waals surface area (Å²) in [6.07, 6.45) is 2.78. The van der Waals surface area contributed by atoms with Crippen molar-refractivity contribution in [1.29, 1.82) is 0 Å². The van der Waals surface area contributed by atoms with E-state index in [9.17, 15) is 4.79 Å². The first kappa shape index (κ1) is 14.4. The number of hydrogen-bond acceptors (Lipinski definition) is 3. The monoisotopic (exact) mass is 294 g/mol. The Kier molecular flexibility index (Phi) is 4.21. The van der Waals surface area contributed by atoms with Crippen molar-refractivity contribution in [1.82, 2.24) is 4.98 Å². The summed E-state index contributed by atoms with van der Waals surface area (Å²) in [6, 6.07) is 14.9. The summed E-state index contributed by atoms with van der Waals surface area (Å²) in [5, 5.41) is 1.09. The molecule has 1 aromatic heterocycles. The summed E-state index contributed by atoms with van der Waals surface area (Å²) < 4.78 is 5.64. The number of aromatic nitrogens is 1. The number of aromatic amines is 1. The van der Waals surface area contributed by atoms with Gasteiger partial charge in [-0.25, -0.2) is 0 Å². The van der Waals surface area contributed by atoms with E-state index in [0.717, 1.165) is 22.9 Å². The van der Waals surface area contributed by atoms with Crippen molar-refractivity contribution < 1.29 is 9.53 Å². The Bertz CT molecular complexity index is 778. The standard InChI is InChI=1S/C18H18N2O2/c19-9-8-14-11-20-17-7-6-15(10-16(14)17)22-12-18(21)13-4-2-1-3-5-13/h1-7,10-11,20H,8-9,12,19H2.